The zero-order chi connectivity index (χ0) is 24.9. The fourth-order valence-electron chi connectivity index (χ4n) is 10.7. The molecule has 194 valence electrons. The Kier molecular flexibility index (Phi) is 5.61. The van der Waals surface area contributed by atoms with Gasteiger partial charge in [0, 0.05) is 10.8 Å². The van der Waals surface area contributed by atoms with Crippen molar-refractivity contribution >= 4 is 0 Å². The second kappa shape index (κ2) is 7.55. The molecule has 4 fully saturated rings. The van der Waals surface area contributed by atoms with Gasteiger partial charge in [0.05, 0.1) is 25.4 Å². The molecule has 4 saturated carbocycles. The second-order valence-electron chi connectivity index (χ2n) is 15.0. The molecule has 0 amide bonds. The minimum absolute atomic E-state index is 0.0467. The highest BCUT2D eigenvalue weighted by Crippen LogP contribution is 2.75. The zero-order valence-electron chi connectivity index (χ0n) is 22.5. The summed E-state index contributed by atoms with van der Waals surface area (Å²) in [5, 5.41) is 43.7. The molecule has 0 bridgehead atoms. The van der Waals surface area contributed by atoms with E-state index in [1.54, 1.807) is 0 Å². The van der Waals surface area contributed by atoms with Crippen LogP contribution in [-0.4, -0.2) is 45.8 Å². The predicted molar refractivity (Wildman–Crippen MR) is 135 cm³/mol. The van der Waals surface area contributed by atoms with Crippen LogP contribution >= 0.6 is 0 Å². The maximum absolute atomic E-state index is 11.7. The first-order valence-corrected chi connectivity index (χ1v) is 14.0. The van der Waals surface area contributed by atoms with E-state index in [-0.39, 0.29) is 40.8 Å². The van der Waals surface area contributed by atoms with Crippen LogP contribution < -0.4 is 0 Å². The quantitative estimate of drug-likeness (QED) is 0.421. The molecule has 5 rings (SSSR count). The fraction of sp³-hybridized carbons (Fsp3) is 0.933. The standard InChI is InChI=1S/C30H50O4/c1-25(2)13-14-30(18-32)20(15-25)19-7-8-22-26(3)11-10-23(33)27(4,17-31)21(26)9-12-28(22,5)29(19,6)16-24(30)34/h7,20-24,31-34H,8-18H2,1-6H3/t20-,21-,22-,23-,24-,26-,27-,28+,29+,30+/m0/s1. The van der Waals surface area contributed by atoms with E-state index in [0.29, 0.717) is 11.8 Å². The first-order chi connectivity index (χ1) is 15.7. The van der Waals surface area contributed by atoms with Crippen molar-refractivity contribution in [2.24, 2.45) is 50.2 Å². The molecule has 5 aliphatic carbocycles. The summed E-state index contributed by atoms with van der Waals surface area (Å²) in [5.41, 5.74) is 0.960. The molecule has 0 aromatic heterocycles. The molecule has 0 aromatic rings. The number of allylic oxidation sites excluding steroid dienone is 2. The van der Waals surface area contributed by atoms with Crippen molar-refractivity contribution in [3.05, 3.63) is 11.6 Å². The van der Waals surface area contributed by atoms with Crippen molar-refractivity contribution in [2.75, 3.05) is 13.2 Å². The molecule has 4 heteroatoms. The van der Waals surface area contributed by atoms with Crippen LogP contribution in [-0.2, 0) is 0 Å². The summed E-state index contributed by atoms with van der Waals surface area (Å²) < 4.78 is 0. The first kappa shape index (κ1) is 25.2. The minimum atomic E-state index is -0.474. The molecule has 0 heterocycles. The molecule has 0 unspecified atom stereocenters. The minimum Gasteiger partial charge on any atom is -0.396 e. The fourth-order valence-corrected chi connectivity index (χ4v) is 10.7. The third kappa shape index (κ3) is 2.92. The van der Waals surface area contributed by atoms with Gasteiger partial charge in [-0.1, -0.05) is 53.2 Å². The van der Waals surface area contributed by atoms with Gasteiger partial charge >= 0.3 is 0 Å². The molecule has 4 nitrogen and oxygen atoms in total. The van der Waals surface area contributed by atoms with Crippen LogP contribution in [0.3, 0.4) is 0 Å². The molecule has 0 saturated heterocycles. The Labute approximate surface area is 207 Å². The van der Waals surface area contributed by atoms with E-state index in [4.69, 9.17) is 0 Å². The molecule has 5 aliphatic rings. The molecule has 0 aliphatic heterocycles. The van der Waals surface area contributed by atoms with Crippen molar-refractivity contribution in [2.45, 2.75) is 112 Å². The van der Waals surface area contributed by atoms with Crippen molar-refractivity contribution in [3.63, 3.8) is 0 Å². The average Bonchev–Trinajstić information content (AvgIpc) is 2.77. The van der Waals surface area contributed by atoms with Gasteiger partial charge in [0.2, 0.25) is 0 Å². The van der Waals surface area contributed by atoms with Gasteiger partial charge in [0.15, 0.2) is 0 Å². The first-order valence-electron chi connectivity index (χ1n) is 14.0. The average molecular weight is 475 g/mol. The molecule has 10 atom stereocenters. The molecular weight excluding hydrogens is 424 g/mol. The van der Waals surface area contributed by atoms with E-state index in [1.165, 1.54) is 5.57 Å². The summed E-state index contributed by atoms with van der Waals surface area (Å²) in [6.07, 6.45) is 10.3. The summed E-state index contributed by atoms with van der Waals surface area (Å²) in [6.45, 7) is 14.3. The second-order valence-corrected chi connectivity index (χ2v) is 15.0. The Hall–Kier alpha value is -0.420. The Morgan fingerprint density at radius 1 is 0.794 bits per heavy atom. The normalized spacial score (nSPS) is 56.4. The summed E-state index contributed by atoms with van der Waals surface area (Å²) >= 11 is 0. The van der Waals surface area contributed by atoms with Crippen LogP contribution in [0.15, 0.2) is 11.6 Å². The lowest BCUT2D eigenvalue weighted by Gasteiger charge is -2.72. The SMILES string of the molecule is CC1(C)CC[C@]2(CO)[C@@H](O)C[C@]3(C)C(=CC[C@H]4[C@@]5(C)CC[C@H](O)[C@@](C)(CO)[C@H]5CC[C@]43C)[C@@H]2C1. The van der Waals surface area contributed by atoms with E-state index in [9.17, 15) is 20.4 Å². The number of aliphatic hydroxyl groups excluding tert-OH is 4. The molecule has 0 radical (unpaired) electrons. The van der Waals surface area contributed by atoms with Gasteiger partial charge in [-0.25, -0.2) is 0 Å². The van der Waals surface area contributed by atoms with Gasteiger partial charge in [0.1, 0.15) is 0 Å². The number of aliphatic hydroxyl groups is 4. The van der Waals surface area contributed by atoms with Crippen molar-refractivity contribution in [1.82, 2.24) is 0 Å². The predicted octanol–water partition coefficient (Wildman–Crippen LogP) is 5.08. The van der Waals surface area contributed by atoms with Gasteiger partial charge in [-0.05, 0) is 97.2 Å². The molecule has 34 heavy (non-hydrogen) atoms. The largest absolute Gasteiger partial charge is 0.396 e. The molecule has 4 N–H and O–H groups in total. The van der Waals surface area contributed by atoms with E-state index < -0.39 is 23.0 Å². The Bertz CT molecular complexity index is 866. The van der Waals surface area contributed by atoms with E-state index >= 15 is 0 Å². The zero-order valence-corrected chi connectivity index (χ0v) is 22.5. The van der Waals surface area contributed by atoms with Crippen molar-refractivity contribution < 1.29 is 20.4 Å². The monoisotopic (exact) mass is 474 g/mol. The summed E-state index contributed by atoms with van der Waals surface area (Å²) in [7, 11) is 0. The Morgan fingerprint density at radius 3 is 2.15 bits per heavy atom. The lowest BCUT2D eigenvalue weighted by atomic mass is 9.33. The highest BCUT2D eigenvalue weighted by atomic mass is 16.3. The van der Waals surface area contributed by atoms with Crippen LogP contribution in [0.25, 0.3) is 0 Å². The lowest BCUT2D eigenvalue weighted by Crippen LogP contribution is -2.67. The van der Waals surface area contributed by atoms with Crippen LogP contribution in [0.5, 0.6) is 0 Å². The van der Waals surface area contributed by atoms with E-state index in [0.717, 1.165) is 57.8 Å². The number of fused-ring (bicyclic) bond motifs is 7. The number of rotatable bonds is 2. The highest BCUT2D eigenvalue weighted by Gasteiger charge is 2.70. The maximum Gasteiger partial charge on any atom is 0.0632 e. The van der Waals surface area contributed by atoms with Gasteiger partial charge in [-0.3, -0.25) is 0 Å². The van der Waals surface area contributed by atoms with Crippen LogP contribution in [0.4, 0.5) is 0 Å². The van der Waals surface area contributed by atoms with Gasteiger partial charge in [0.25, 0.3) is 0 Å². The van der Waals surface area contributed by atoms with Crippen molar-refractivity contribution in [1.29, 1.82) is 0 Å². The molecule has 0 spiro atoms. The lowest BCUT2D eigenvalue weighted by molar-refractivity contribution is -0.227. The Morgan fingerprint density at radius 2 is 1.50 bits per heavy atom. The summed E-state index contributed by atoms with van der Waals surface area (Å²) in [4.78, 5) is 0. The van der Waals surface area contributed by atoms with Gasteiger partial charge in [-0.15, -0.1) is 0 Å². The third-order valence-corrected chi connectivity index (χ3v) is 13.3. The van der Waals surface area contributed by atoms with E-state index in [2.05, 4.69) is 47.6 Å². The molecule has 0 aromatic carbocycles. The number of hydrogen-bond acceptors (Lipinski definition) is 4. The smallest absolute Gasteiger partial charge is 0.0632 e. The topological polar surface area (TPSA) is 80.9 Å². The Balaban J connectivity index is 1.61. The summed E-state index contributed by atoms with van der Waals surface area (Å²) in [6, 6.07) is 0. The highest BCUT2D eigenvalue weighted by molar-refractivity contribution is 5.35. The van der Waals surface area contributed by atoms with Gasteiger partial charge < -0.3 is 20.4 Å². The third-order valence-electron chi connectivity index (χ3n) is 13.3. The van der Waals surface area contributed by atoms with Crippen LogP contribution in [0.1, 0.15) is 99.3 Å². The van der Waals surface area contributed by atoms with Gasteiger partial charge in [-0.2, -0.15) is 0 Å². The maximum atomic E-state index is 11.7. The molecular formula is C30H50O4. The van der Waals surface area contributed by atoms with Crippen LogP contribution in [0, 0.1) is 50.2 Å². The van der Waals surface area contributed by atoms with Crippen molar-refractivity contribution in [3.8, 4) is 0 Å². The number of hydrogen-bond donors (Lipinski definition) is 4. The summed E-state index contributed by atoms with van der Waals surface area (Å²) in [5.74, 6) is 1.02. The van der Waals surface area contributed by atoms with E-state index in [1.807, 2.05) is 0 Å². The van der Waals surface area contributed by atoms with Crippen LogP contribution in [0.2, 0.25) is 0 Å².